The maximum atomic E-state index is 12.1. The third kappa shape index (κ3) is 33.5. The van der Waals surface area contributed by atoms with E-state index in [2.05, 4.69) is 45.1 Å². The minimum Gasteiger partial charge on any atom is -0.466 e. The molecule has 0 saturated heterocycles. The van der Waals surface area contributed by atoms with Crippen molar-refractivity contribution < 1.29 is 9.53 Å². The van der Waals surface area contributed by atoms with E-state index in [1.54, 1.807) is 0 Å². The number of esters is 1. The summed E-state index contributed by atoms with van der Waals surface area (Å²) in [6, 6.07) is 0. The van der Waals surface area contributed by atoms with Gasteiger partial charge in [-0.15, -0.1) is 0 Å². The van der Waals surface area contributed by atoms with Crippen LogP contribution in [0.15, 0.2) is 24.3 Å². The average molecular weight is 589 g/mol. The highest BCUT2D eigenvalue weighted by Gasteiger charge is 2.09. The number of allylic oxidation sites excluding steroid dienone is 4. The van der Waals surface area contributed by atoms with Crippen molar-refractivity contribution in [1.82, 2.24) is 0 Å². The van der Waals surface area contributed by atoms with Crippen LogP contribution >= 0.6 is 0 Å². The molecule has 248 valence electrons. The predicted molar refractivity (Wildman–Crippen MR) is 188 cm³/mol. The largest absolute Gasteiger partial charge is 0.466 e. The number of carbonyl (C=O) groups excluding carboxylic acids is 1. The quantitative estimate of drug-likeness (QED) is 0.0424. The van der Waals surface area contributed by atoms with Crippen molar-refractivity contribution in [1.29, 1.82) is 0 Å². The molecule has 0 rings (SSSR count). The van der Waals surface area contributed by atoms with Crippen molar-refractivity contribution in [2.24, 2.45) is 5.92 Å². The lowest BCUT2D eigenvalue weighted by Crippen LogP contribution is -2.06. The second-order valence-electron chi connectivity index (χ2n) is 13.0. The third-order valence-electron chi connectivity index (χ3n) is 8.78. The van der Waals surface area contributed by atoms with E-state index in [1.165, 1.54) is 167 Å². The number of unbranched alkanes of at least 4 members (excludes halogenated alkanes) is 20. The van der Waals surface area contributed by atoms with Crippen LogP contribution in [0.4, 0.5) is 0 Å². The maximum Gasteiger partial charge on any atom is 0.305 e. The number of rotatable bonds is 34. The summed E-state index contributed by atoms with van der Waals surface area (Å²) in [5.74, 6) is 0.940. The fourth-order valence-electron chi connectivity index (χ4n) is 5.91. The van der Waals surface area contributed by atoms with E-state index in [0.717, 1.165) is 25.2 Å². The molecule has 2 nitrogen and oxygen atoms in total. The van der Waals surface area contributed by atoms with Crippen LogP contribution in [0, 0.1) is 5.92 Å². The number of carbonyl (C=O) groups is 1. The van der Waals surface area contributed by atoms with E-state index in [1.807, 2.05) is 0 Å². The van der Waals surface area contributed by atoms with Gasteiger partial charge in [0.1, 0.15) is 0 Å². The Kier molecular flexibility index (Phi) is 35.2. The number of ether oxygens (including phenoxy) is 1. The lowest BCUT2D eigenvalue weighted by molar-refractivity contribution is -0.143. The van der Waals surface area contributed by atoms with E-state index in [-0.39, 0.29) is 5.97 Å². The Morgan fingerprint density at radius 2 is 0.881 bits per heavy atom. The summed E-state index contributed by atoms with van der Waals surface area (Å²) in [6.45, 7) is 7.48. The highest BCUT2D eigenvalue weighted by molar-refractivity contribution is 5.69. The molecule has 0 unspecified atom stereocenters. The molecule has 0 aromatic heterocycles. The molecular weight excluding hydrogens is 512 g/mol. The molecule has 0 bridgehead atoms. The van der Waals surface area contributed by atoms with Gasteiger partial charge in [0.05, 0.1) is 6.61 Å². The second kappa shape index (κ2) is 36.1. The van der Waals surface area contributed by atoms with Crippen molar-refractivity contribution in [3.8, 4) is 0 Å². The fraction of sp³-hybridized carbons (Fsp3) is 0.875. The first-order valence-corrected chi connectivity index (χ1v) is 19.2. The summed E-state index contributed by atoms with van der Waals surface area (Å²) in [4.78, 5) is 12.1. The summed E-state index contributed by atoms with van der Waals surface area (Å²) in [5, 5.41) is 0. The summed E-state index contributed by atoms with van der Waals surface area (Å²) in [7, 11) is 0. The molecule has 0 radical (unpaired) electrons. The zero-order valence-corrected chi connectivity index (χ0v) is 29.1. The Labute approximate surface area is 265 Å². The molecule has 0 heterocycles. The normalized spacial score (nSPS) is 11.9. The van der Waals surface area contributed by atoms with Crippen molar-refractivity contribution in [3.05, 3.63) is 24.3 Å². The van der Waals surface area contributed by atoms with Crippen LogP contribution in [-0.4, -0.2) is 12.6 Å². The van der Waals surface area contributed by atoms with E-state index in [0.29, 0.717) is 13.0 Å². The monoisotopic (exact) mass is 589 g/mol. The summed E-state index contributed by atoms with van der Waals surface area (Å²) in [5.41, 5.74) is 0. The van der Waals surface area contributed by atoms with Crippen molar-refractivity contribution >= 4 is 5.97 Å². The molecule has 0 fully saturated rings. The van der Waals surface area contributed by atoms with Crippen LogP contribution in [0.1, 0.15) is 213 Å². The lowest BCUT2D eigenvalue weighted by Gasteiger charge is -2.17. The van der Waals surface area contributed by atoms with Crippen molar-refractivity contribution in [2.75, 3.05) is 6.61 Å². The Hall–Kier alpha value is -1.05. The zero-order chi connectivity index (χ0) is 30.6. The highest BCUT2D eigenvalue weighted by atomic mass is 16.5. The third-order valence-corrected chi connectivity index (χ3v) is 8.78. The van der Waals surface area contributed by atoms with Gasteiger partial charge in [-0.2, -0.15) is 0 Å². The first-order valence-electron chi connectivity index (χ1n) is 19.2. The first-order chi connectivity index (χ1) is 20.7. The zero-order valence-electron chi connectivity index (χ0n) is 29.1. The molecular formula is C40H76O2. The second-order valence-corrected chi connectivity index (χ2v) is 13.0. The van der Waals surface area contributed by atoms with Gasteiger partial charge >= 0.3 is 5.97 Å². The van der Waals surface area contributed by atoms with E-state index < -0.39 is 0 Å². The maximum absolute atomic E-state index is 12.1. The summed E-state index contributed by atoms with van der Waals surface area (Å²) in [6.07, 6.45) is 48.0. The molecule has 0 aromatic rings. The Morgan fingerprint density at radius 3 is 1.40 bits per heavy atom. The molecule has 0 aliphatic carbocycles. The van der Waals surface area contributed by atoms with E-state index in [4.69, 9.17) is 4.74 Å². The number of hydrogen-bond donors (Lipinski definition) is 0. The van der Waals surface area contributed by atoms with Gasteiger partial charge in [0.2, 0.25) is 0 Å². The minimum absolute atomic E-state index is 0.0272. The molecule has 0 saturated carbocycles. The summed E-state index contributed by atoms with van der Waals surface area (Å²) >= 11 is 0. The number of hydrogen-bond acceptors (Lipinski definition) is 2. The Morgan fingerprint density at radius 1 is 0.476 bits per heavy atom. The van der Waals surface area contributed by atoms with E-state index >= 15 is 0 Å². The molecule has 0 amide bonds. The fourth-order valence-corrected chi connectivity index (χ4v) is 5.91. The van der Waals surface area contributed by atoms with Crippen LogP contribution in [0.5, 0.6) is 0 Å². The van der Waals surface area contributed by atoms with Gasteiger partial charge in [0.15, 0.2) is 0 Å². The molecule has 0 aliphatic rings. The molecule has 0 N–H and O–H groups in total. The van der Waals surface area contributed by atoms with Gasteiger partial charge in [-0.25, -0.2) is 0 Å². The molecule has 0 aliphatic heterocycles. The van der Waals surface area contributed by atoms with Gasteiger partial charge in [-0.05, 0) is 50.9 Å². The van der Waals surface area contributed by atoms with Crippen LogP contribution < -0.4 is 0 Å². The topological polar surface area (TPSA) is 26.3 Å². The Bertz CT molecular complexity index is 566. The molecule has 2 heteroatoms. The SMILES string of the molecule is CCCCCC=CCC=CCCCCCCCCCCCOC(=O)CCCCCC(CCCCCC)CCCCCC. The molecule has 0 aromatic carbocycles. The van der Waals surface area contributed by atoms with Crippen LogP contribution in [0.2, 0.25) is 0 Å². The Balaban J connectivity index is 3.51. The summed E-state index contributed by atoms with van der Waals surface area (Å²) < 4.78 is 5.51. The van der Waals surface area contributed by atoms with Crippen LogP contribution in [0.25, 0.3) is 0 Å². The minimum atomic E-state index is 0.0272. The van der Waals surface area contributed by atoms with Gasteiger partial charge < -0.3 is 4.74 Å². The van der Waals surface area contributed by atoms with Gasteiger partial charge in [-0.1, -0.05) is 186 Å². The molecule has 0 spiro atoms. The van der Waals surface area contributed by atoms with Gasteiger partial charge in [0.25, 0.3) is 0 Å². The molecule has 0 atom stereocenters. The van der Waals surface area contributed by atoms with Gasteiger partial charge in [-0.3, -0.25) is 4.79 Å². The average Bonchev–Trinajstić information content (AvgIpc) is 2.99. The van der Waals surface area contributed by atoms with Crippen LogP contribution in [0.3, 0.4) is 0 Å². The lowest BCUT2D eigenvalue weighted by atomic mass is 9.89. The van der Waals surface area contributed by atoms with E-state index in [9.17, 15) is 4.79 Å². The van der Waals surface area contributed by atoms with Crippen LogP contribution in [-0.2, 0) is 9.53 Å². The van der Waals surface area contributed by atoms with Crippen molar-refractivity contribution in [3.63, 3.8) is 0 Å². The smallest absolute Gasteiger partial charge is 0.305 e. The molecule has 42 heavy (non-hydrogen) atoms. The highest BCUT2D eigenvalue weighted by Crippen LogP contribution is 2.24. The first kappa shape index (κ1) is 41.0. The predicted octanol–water partition coefficient (Wildman–Crippen LogP) is 14.0. The van der Waals surface area contributed by atoms with Gasteiger partial charge in [0, 0.05) is 6.42 Å². The standard InChI is InChI=1S/C40H76O2/c1-4-7-10-13-14-15-16-17-18-19-20-21-22-23-24-25-26-27-33-38-42-40(41)37-32-28-31-36-39(34-29-11-8-5-2)35-30-12-9-6-3/h14-15,17-18,39H,4-13,16,19-38H2,1-3H3. The van der Waals surface area contributed by atoms with Crippen molar-refractivity contribution in [2.45, 2.75) is 213 Å².